The summed E-state index contributed by atoms with van der Waals surface area (Å²) >= 11 is 3.22. The van der Waals surface area contributed by atoms with Crippen LogP contribution in [-0.4, -0.2) is 15.7 Å². The summed E-state index contributed by atoms with van der Waals surface area (Å²) in [6.45, 7) is 0.327. The van der Waals surface area contributed by atoms with Gasteiger partial charge in [0.1, 0.15) is 16.3 Å². The van der Waals surface area contributed by atoms with Crippen molar-refractivity contribution in [3.63, 3.8) is 0 Å². The monoisotopic (exact) mass is 372 g/mol. The van der Waals surface area contributed by atoms with Crippen molar-refractivity contribution in [2.24, 2.45) is 11.1 Å². The van der Waals surface area contributed by atoms with Crippen molar-refractivity contribution < 1.29 is 13.2 Å². The van der Waals surface area contributed by atoms with E-state index in [4.69, 9.17) is 5.73 Å². The average molecular weight is 373 g/mol. The zero-order valence-corrected chi connectivity index (χ0v) is 12.9. The van der Waals surface area contributed by atoms with Gasteiger partial charge >= 0.3 is 6.18 Å². The third-order valence-electron chi connectivity index (χ3n) is 3.97. The molecule has 1 aliphatic carbocycles. The number of alkyl halides is 3. The van der Waals surface area contributed by atoms with Gasteiger partial charge in [-0.3, -0.25) is 0 Å². The molecule has 2 N–H and O–H groups in total. The lowest BCUT2D eigenvalue weighted by Crippen LogP contribution is -2.28. The molecule has 0 bridgehead atoms. The number of fused-ring (bicyclic) bond motifs is 1. The highest BCUT2D eigenvalue weighted by atomic mass is 79.9. The van der Waals surface area contributed by atoms with E-state index < -0.39 is 17.6 Å². The quantitative estimate of drug-likeness (QED) is 0.835. The molecule has 1 fully saturated rings. The fourth-order valence-electron chi connectivity index (χ4n) is 2.50. The topological polar surface area (TPSA) is 67.6 Å². The second-order valence-corrected chi connectivity index (χ2v) is 6.44. The van der Waals surface area contributed by atoms with Crippen LogP contribution >= 0.6 is 15.9 Å². The van der Waals surface area contributed by atoms with Crippen LogP contribution in [0.15, 0.2) is 22.9 Å². The molecule has 0 aromatic carbocycles. The van der Waals surface area contributed by atoms with E-state index in [0.717, 1.165) is 12.8 Å². The van der Waals surface area contributed by atoms with E-state index >= 15 is 0 Å². The maximum absolute atomic E-state index is 13.0. The fraction of sp³-hybridized carbons (Fsp3) is 0.429. The van der Waals surface area contributed by atoms with Gasteiger partial charge in [-0.2, -0.15) is 18.4 Å². The SMILES string of the molecule is N#CC1(Cn2cc(C(N)C(F)(F)F)c3ccc(Br)nc32)CC1. The second-order valence-electron chi connectivity index (χ2n) is 5.63. The molecule has 2 heterocycles. The van der Waals surface area contributed by atoms with Gasteiger partial charge in [-0.1, -0.05) is 0 Å². The lowest BCUT2D eigenvalue weighted by atomic mass is 10.1. The lowest BCUT2D eigenvalue weighted by Gasteiger charge is -2.14. The summed E-state index contributed by atoms with van der Waals surface area (Å²) in [5.74, 6) is 0. The Labute approximate surface area is 132 Å². The van der Waals surface area contributed by atoms with Crippen LogP contribution in [0.3, 0.4) is 0 Å². The van der Waals surface area contributed by atoms with Crippen molar-refractivity contribution in [1.29, 1.82) is 5.26 Å². The van der Waals surface area contributed by atoms with Crippen molar-refractivity contribution in [2.75, 3.05) is 0 Å². The molecule has 2 aromatic rings. The van der Waals surface area contributed by atoms with E-state index in [2.05, 4.69) is 27.0 Å². The number of pyridine rings is 1. The van der Waals surface area contributed by atoms with Gasteiger partial charge in [0.2, 0.25) is 0 Å². The smallest absolute Gasteiger partial charge is 0.331 e. The van der Waals surface area contributed by atoms with Crippen LogP contribution in [0.4, 0.5) is 13.2 Å². The third kappa shape index (κ3) is 2.59. The molecule has 1 atom stereocenters. The van der Waals surface area contributed by atoms with Crippen LogP contribution in [-0.2, 0) is 6.54 Å². The summed E-state index contributed by atoms with van der Waals surface area (Å²) in [7, 11) is 0. The number of aromatic nitrogens is 2. The normalized spacial score (nSPS) is 18.2. The van der Waals surface area contributed by atoms with Crippen LogP contribution in [0, 0.1) is 16.7 Å². The Hall–Kier alpha value is -1.59. The molecule has 8 heteroatoms. The minimum absolute atomic E-state index is 0.0174. The predicted octanol–water partition coefficient (Wildman–Crippen LogP) is 3.66. The number of nitrogens with two attached hydrogens (primary N) is 1. The maximum atomic E-state index is 13.0. The first-order chi connectivity index (χ1) is 10.3. The van der Waals surface area contributed by atoms with Crippen molar-refractivity contribution in [3.05, 3.63) is 28.5 Å². The van der Waals surface area contributed by atoms with Gasteiger partial charge in [0.25, 0.3) is 0 Å². The number of nitriles is 1. The molecule has 3 rings (SSSR count). The predicted molar refractivity (Wildman–Crippen MR) is 77.7 cm³/mol. The van der Waals surface area contributed by atoms with E-state index in [1.54, 1.807) is 16.7 Å². The highest BCUT2D eigenvalue weighted by molar-refractivity contribution is 9.10. The molecule has 1 unspecified atom stereocenters. The molecule has 2 aromatic heterocycles. The molecule has 1 aliphatic rings. The third-order valence-corrected chi connectivity index (χ3v) is 4.41. The van der Waals surface area contributed by atoms with Gasteiger partial charge < -0.3 is 10.3 Å². The van der Waals surface area contributed by atoms with Gasteiger partial charge in [-0.05, 0) is 40.9 Å². The molecule has 22 heavy (non-hydrogen) atoms. The Morgan fingerprint density at radius 2 is 2.14 bits per heavy atom. The number of hydrogen-bond donors (Lipinski definition) is 1. The van der Waals surface area contributed by atoms with Gasteiger partial charge in [-0.15, -0.1) is 0 Å². The lowest BCUT2D eigenvalue weighted by molar-refractivity contribution is -0.148. The Morgan fingerprint density at radius 3 is 2.68 bits per heavy atom. The summed E-state index contributed by atoms with van der Waals surface area (Å²) in [4.78, 5) is 4.25. The number of nitrogens with zero attached hydrogens (tertiary/aromatic N) is 3. The summed E-state index contributed by atoms with van der Waals surface area (Å²) < 4.78 is 41.0. The van der Waals surface area contributed by atoms with E-state index in [1.165, 1.54) is 6.20 Å². The highest BCUT2D eigenvalue weighted by Crippen LogP contribution is 2.47. The van der Waals surface area contributed by atoms with Gasteiger partial charge in [-0.25, -0.2) is 4.98 Å². The Balaban J connectivity index is 2.12. The van der Waals surface area contributed by atoms with Gasteiger partial charge in [0.05, 0.1) is 11.5 Å². The molecule has 0 aliphatic heterocycles. The first-order valence-corrected chi connectivity index (χ1v) is 7.44. The van der Waals surface area contributed by atoms with Crippen molar-refractivity contribution >= 4 is 27.0 Å². The van der Waals surface area contributed by atoms with E-state index in [0.29, 0.717) is 22.2 Å². The van der Waals surface area contributed by atoms with Crippen LogP contribution in [0.25, 0.3) is 11.0 Å². The standard InChI is InChI=1S/C14H12BrF3N4/c15-10-2-1-8-9(11(20)14(16,17)18)5-22(12(8)21-10)7-13(6-19)3-4-13/h1-2,5,11H,3-4,7,20H2. The number of halogens is 4. The van der Waals surface area contributed by atoms with Crippen molar-refractivity contribution in [3.8, 4) is 6.07 Å². The maximum Gasteiger partial charge on any atom is 0.407 e. The molecule has 0 saturated heterocycles. The average Bonchev–Trinajstić information content (AvgIpc) is 3.14. The Morgan fingerprint density at radius 1 is 1.45 bits per heavy atom. The van der Waals surface area contributed by atoms with Crippen LogP contribution in [0.2, 0.25) is 0 Å². The molecular weight excluding hydrogens is 361 g/mol. The fourth-order valence-corrected chi connectivity index (χ4v) is 2.80. The molecule has 0 radical (unpaired) electrons. The zero-order valence-electron chi connectivity index (χ0n) is 11.4. The minimum Gasteiger partial charge on any atom is -0.331 e. The second kappa shape index (κ2) is 4.96. The number of hydrogen-bond acceptors (Lipinski definition) is 3. The summed E-state index contributed by atoms with van der Waals surface area (Å²) in [5.41, 5.74) is 5.26. The molecule has 1 saturated carbocycles. The number of rotatable bonds is 3. The highest BCUT2D eigenvalue weighted by Gasteiger charge is 2.45. The van der Waals surface area contributed by atoms with Crippen molar-refractivity contribution in [2.45, 2.75) is 31.6 Å². The van der Waals surface area contributed by atoms with Gasteiger partial charge in [0, 0.05) is 23.7 Å². The van der Waals surface area contributed by atoms with Crippen LogP contribution in [0.1, 0.15) is 24.4 Å². The Bertz CT molecular complexity index is 771. The summed E-state index contributed by atoms with van der Waals surface area (Å²) in [6, 6.07) is 3.31. The molecule has 116 valence electrons. The summed E-state index contributed by atoms with van der Waals surface area (Å²) in [6.07, 6.45) is -1.66. The van der Waals surface area contributed by atoms with Crippen LogP contribution in [0.5, 0.6) is 0 Å². The van der Waals surface area contributed by atoms with E-state index in [-0.39, 0.29) is 5.56 Å². The van der Waals surface area contributed by atoms with Crippen LogP contribution < -0.4 is 5.73 Å². The molecule has 0 amide bonds. The largest absolute Gasteiger partial charge is 0.407 e. The van der Waals surface area contributed by atoms with E-state index in [1.807, 2.05) is 0 Å². The van der Waals surface area contributed by atoms with Crippen molar-refractivity contribution in [1.82, 2.24) is 9.55 Å². The molecule has 4 nitrogen and oxygen atoms in total. The summed E-state index contributed by atoms with van der Waals surface area (Å²) in [5, 5.41) is 9.55. The minimum atomic E-state index is -4.53. The molecular formula is C14H12BrF3N4. The first-order valence-electron chi connectivity index (χ1n) is 6.65. The molecule has 0 spiro atoms. The zero-order chi connectivity index (χ0) is 16.1. The Kier molecular flexibility index (Phi) is 3.45. The first kappa shape index (κ1) is 15.3. The van der Waals surface area contributed by atoms with E-state index in [9.17, 15) is 18.4 Å². The van der Waals surface area contributed by atoms with Gasteiger partial charge in [0.15, 0.2) is 0 Å².